The van der Waals surface area contributed by atoms with Crippen LogP contribution in [0.4, 0.5) is 8.78 Å². The summed E-state index contributed by atoms with van der Waals surface area (Å²) in [4.78, 5) is 12.1. The van der Waals surface area contributed by atoms with E-state index in [0.29, 0.717) is 0 Å². The second kappa shape index (κ2) is 3.46. The molecule has 1 amide bonds. The highest BCUT2D eigenvalue weighted by Crippen LogP contribution is 2.36. The van der Waals surface area contributed by atoms with E-state index in [1.165, 1.54) is 7.05 Å². The third kappa shape index (κ3) is 1.82. The normalized spacial score (nSPS) is 29.3. The highest BCUT2D eigenvalue weighted by atomic mass is 19.3. The Morgan fingerprint density at radius 1 is 1.53 bits per heavy atom. The first-order valence-corrected chi connectivity index (χ1v) is 4.59. The summed E-state index contributed by atoms with van der Waals surface area (Å²) >= 11 is 0. The maximum atomic E-state index is 13.3. The molecule has 0 saturated carbocycles. The number of alkyl halides is 2. The fourth-order valence-electron chi connectivity index (χ4n) is 1.31. The molecule has 3 nitrogen and oxygen atoms in total. The molecule has 84 valence electrons. The predicted octanol–water partition coefficient (Wildman–Crippen LogP) is 0.484. The van der Waals surface area contributed by atoms with Crippen LogP contribution in [0.1, 0.15) is 13.8 Å². The average Bonchev–Trinajstić information content (AvgIpc) is 2.24. The van der Waals surface area contributed by atoms with Gasteiger partial charge in [-0.2, -0.15) is 8.78 Å². The number of likely N-dealkylation sites (tertiary alicyclic amines) is 1. The molecule has 5 heteroatoms. The molecule has 1 aliphatic heterocycles. The van der Waals surface area contributed by atoms with Crippen molar-refractivity contribution in [2.45, 2.75) is 25.4 Å². The molecule has 0 aromatic carbocycles. The number of hydrogen-bond donors (Lipinski definition) is 1. The SMILES string of the molecule is CC(C)C#CC1(O)C(=O)N(C)CC1(F)F. The Labute approximate surface area is 87.1 Å². The lowest BCUT2D eigenvalue weighted by molar-refractivity contribution is -0.153. The molecular weight excluding hydrogens is 204 g/mol. The molecule has 1 rings (SSSR count). The van der Waals surface area contributed by atoms with Crippen molar-refractivity contribution in [3.05, 3.63) is 0 Å². The van der Waals surface area contributed by atoms with Gasteiger partial charge >= 0.3 is 5.92 Å². The van der Waals surface area contributed by atoms with Gasteiger partial charge in [0.1, 0.15) is 0 Å². The molecule has 1 aliphatic rings. The number of halogens is 2. The molecule has 1 N–H and O–H groups in total. The van der Waals surface area contributed by atoms with Gasteiger partial charge in [0.05, 0.1) is 6.54 Å². The van der Waals surface area contributed by atoms with Gasteiger partial charge in [-0.15, -0.1) is 0 Å². The Balaban J connectivity index is 3.11. The number of amides is 1. The topological polar surface area (TPSA) is 40.5 Å². The van der Waals surface area contributed by atoms with E-state index in [2.05, 4.69) is 5.92 Å². The van der Waals surface area contributed by atoms with Crippen molar-refractivity contribution in [2.75, 3.05) is 13.6 Å². The molecule has 1 unspecified atom stereocenters. The number of rotatable bonds is 0. The molecule has 1 atom stereocenters. The highest BCUT2D eigenvalue weighted by molar-refractivity contribution is 5.92. The Morgan fingerprint density at radius 3 is 2.40 bits per heavy atom. The van der Waals surface area contributed by atoms with Crippen molar-refractivity contribution >= 4 is 5.91 Å². The number of likely N-dealkylation sites (N-methyl/N-ethyl adjacent to an activating group) is 1. The van der Waals surface area contributed by atoms with Crippen molar-refractivity contribution in [1.29, 1.82) is 0 Å². The Morgan fingerprint density at radius 2 is 2.07 bits per heavy atom. The molecule has 0 aliphatic carbocycles. The van der Waals surface area contributed by atoms with Gasteiger partial charge in [0.25, 0.3) is 11.5 Å². The summed E-state index contributed by atoms with van der Waals surface area (Å²) in [5.74, 6) is -0.332. The van der Waals surface area contributed by atoms with E-state index in [1.807, 2.05) is 5.92 Å². The number of aliphatic hydroxyl groups is 1. The van der Waals surface area contributed by atoms with Crippen LogP contribution in [0.5, 0.6) is 0 Å². The Kier molecular flexibility index (Phi) is 2.75. The first kappa shape index (κ1) is 11.9. The fraction of sp³-hybridized carbons (Fsp3) is 0.700. The van der Waals surface area contributed by atoms with Crippen molar-refractivity contribution in [3.63, 3.8) is 0 Å². The number of carbonyl (C=O) groups excluding carboxylic acids is 1. The molecule has 1 fully saturated rings. The van der Waals surface area contributed by atoms with Crippen LogP contribution in [0.2, 0.25) is 0 Å². The van der Waals surface area contributed by atoms with Gasteiger partial charge in [0, 0.05) is 13.0 Å². The minimum absolute atomic E-state index is 0.177. The Bertz CT molecular complexity index is 343. The lowest BCUT2D eigenvalue weighted by Gasteiger charge is -2.19. The molecule has 0 spiro atoms. The summed E-state index contributed by atoms with van der Waals surface area (Å²) in [6.45, 7) is 2.59. The minimum Gasteiger partial charge on any atom is -0.365 e. The van der Waals surface area contributed by atoms with Crippen LogP contribution in [0.3, 0.4) is 0 Å². The van der Waals surface area contributed by atoms with Gasteiger partial charge in [-0.05, 0) is 0 Å². The lowest BCUT2D eigenvalue weighted by atomic mass is 9.98. The van der Waals surface area contributed by atoms with Gasteiger partial charge in [0.15, 0.2) is 0 Å². The summed E-state index contributed by atoms with van der Waals surface area (Å²) in [7, 11) is 1.21. The van der Waals surface area contributed by atoms with Gasteiger partial charge in [-0.3, -0.25) is 4.79 Å². The van der Waals surface area contributed by atoms with E-state index in [-0.39, 0.29) is 5.92 Å². The zero-order valence-corrected chi connectivity index (χ0v) is 8.84. The zero-order valence-electron chi connectivity index (χ0n) is 8.84. The molecule has 0 bridgehead atoms. The largest absolute Gasteiger partial charge is 0.365 e. The molecule has 15 heavy (non-hydrogen) atoms. The van der Waals surface area contributed by atoms with Crippen LogP contribution in [-0.4, -0.2) is 41.0 Å². The van der Waals surface area contributed by atoms with Crippen LogP contribution in [-0.2, 0) is 4.79 Å². The summed E-state index contributed by atoms with van der Waals surface area (Å²) in [6.07, 6.45) is 0. The number of carbonyl (C=O) groups is 1. The van der Waals surface area contributed by atoms with Crippen LogP contribution < -0.4 is 0 Å². The first-order valence-electron chi connectivity index (χ1n) is 4.59. The van der Waals surface area contributed by atoms with Crippen LogP contribution in [0, 0.1) is 17.8 Å². The summed E-state index contributed by atoms with van der Waals surface area (Å²) in [5.41, 5.74) is -2.86. The van der Waals surface area contributed by atoms with Crippen molar-refractivity contribution in [3.8, 4) is 11.8 Å². The van der Waals surface area contributed by atoms with Crippen molar-refractivity contribution in [2.24, 2.45) is 5.92 Å². The van der Waals surface area contributed by atoms with Gasteiger partial charge in [0.2, 0.25) is 0 Å². The van der Waals surface area contributed by atoms with E-state index in [9.17, 15) is 18.7 Å². The quantitative estimate of drug-likeness (QED) is 0.600. The van der Waals surface area contributed by atoms with E-state index in [4.69, 9.17) is 0 Å². The smallest absolute Gasteiger partial charge is 0.313 e. The van der Waals surface area contributed by atoms with E-state index >= 15 is 0 Å². The monoisotopic (exact) mass is 217 g/mol. The standard InChI is InChI=1S/C10H13F2NO2/c1-7(2)4-5-9(15)8(14)13(3)6-10(9,11)12/h7,15H,6H2,1-3H3. The van der Waals surface area contributed by atoms with E-state index in [1.54, 1.807) is 13.8 Å². The maximum absolute atomic E-state index is 13.3. The number of nitrogens with zero attached hydrogens (tertiary/aromatic N) is 1. The third-order valence-electron chi connectivity index (χ3n) is 2.16. The molecule has 0 aromatic heterocycles. The second-order valence-electron chi connectivity index (χ2n) is 4.00. The second-order valence-corrected chi connectivity index (χ2v) is 4.00. The molecule has 1 heterocycles. The van der Waals surface area contributed by atoms with E-state index < -0.39 is 24.0 Å². The fourth-order valence-corrected chi connectivity index (χ4v) is 1.31. The molecule has 0 radical (unpaired) electrons. The van der Waals surface area contributed by atoms with Gasteiger partial charge in [-0.1, -0.05) is 25.7 Å². The number of hydrogen-bond acceptors (Lipinski definition) is 2. The lowest BCUT2D eigenvalue weighted by Crippen LogP contribution is -2.48. The zero-order chi connectivity index (χ0) is 11.9. The molecule has 1 saturated heterocycles. The summed E-state index contributed by atoms with van der Waals surface area (Å²) in [6, 6.07) is 0. The Hall–Kier alpha value is -1.15. The van der Waals surface area contributed by atoms with Crippen LogP contribution in [0.25, 0.3) is 0 Å². The maximum Gasteiger partial charge on any atom is 0.313 e. The van der Waals surface area contributed by atoms with Gasteiger partial charge in [-0.25, -0.2) is 0 Å². The first-order chi connectivity index (χ1) is 6.71. The third-order valence-corrected chi connectivity index (χ3v) is 2.16. The van der Waals surface area contributed by atoms with E-state index in [0.717, 1.165) is 4.90 Å². The molecular formula is C10H13F2NO2. The predicted molar refractivity (Wildman–Crippen MR) is 50.1 cm³/mol. The molecule has 0 aromatic rings. The van der Waals surface area contributed by atoms with Crippen LogP contribution in [0.15, 0.2) is 0 Å². The highest BCUT2D eigenvalue weighted by Gasteiger charge is 2.64. The summed E-state index contributed by atoms with van der Waals surface area (Å²) in [5, 5.41) is 9.59. The van der Waals surface area contributed by atoms with Crippen LogP contribution >= 0.6 is 0 Å². The minimum atomic E-state index is -3.51. The van der Waals surface area contributed by atoms with Crippen molar-refractivity contribution in [1.82, 2.24) is 4.90 Å². The van der Waals surface area contributed by atoms with Crippen molar-refractivity contribution < 1.29 is 18.7 Å². The van der Waals surface area contributed by atoms with Gasteiger partial charge < -0.3 is 10.0 Å². The summed E-state index contributed by atoms with van der Waals surface area (Å²) < 4.78 is 26.7. The average molecular weight is 217 g/mol.